The SMILES string of the molecule is CN1CCCCC(=C2CCCC(=O)C2)C1=O. The first-order valence-electron chi connectivity index (χ1n) is 6.16. The van der Waals surface area contributed by atoms with Gasteiger partial charge in [-0.2, -0.15) is 0 Å². The summed E-state index contributed by atoms with van der Waals surface area (Å²) >= 11 is 0. The van der Waals surface area contributed by atoms with E-state index in [2.05, 4.69) is 0 Å². The maximum atomic E-state index is 12.1. The van der Waals surface area contributed by atoms with E-state index >= 15 is 0 Å². The molecule has 0 radical (unpaired) electrons. The predicted octanol–water partition coefficient (Wildman–Crippen LogP) is 2.07. The Morgan fingerprint density at radius 2 is 1.81 bits per heavy atom. The van der Waals surface area contributed by atoms with Gasteiger partial charge in [-0.05, 0) is 32.1 Å². The molecule has 0 unspecified atom stereocenters. The maximum absolute atomic E-state index is 12.1. The number of Topliss-reactive ketones (excluding diaryl/α,β-unsaturated/α-hetero) is 1. The molecular weight excluding hydrogens is 202 g/mol. The van der Waals surface area contributed by atoms with Gasteiger partial charge >= 0.3 is 0 Å². The van der Waals surface area contributed by atoms with Crippen LogP contribution in [-0.4, -0.2) is 30.2 Å². The highest BCUT2D eigenvalue weighted by atomic mass is 16.2. The average molecular weight is 221 g/mol. The molecule has 3 heteroatoms. The maximum Gasteiger partial charge on any atom is 0.249 e. The van der Waals surface area contributed by atoms with Crippen molar-refractivity contribution in [1.82, 2.24) is 4.90 Å². The molecule has 0 atom stereocenters. The number of allylic oxidation sites excluding steroid dienone is 1. The van der Waals surface area contributed by atoms with Gasteiger partial charge in [-0.3, -0.25) is 9.59 Å². The first-order valence-corrected chi connectivity index (χ1v) is 6.16. The third-order valence-electron chi connectivity index (χ3n) is 3.55. The Kier molecular flexibility index (Phi) is 3.42. The summed E-state index contributed by atoms with van der Waals surface area (Å²) in [6.07, 6.45) is 6.10. The molecule has 0 aromatic carbocycles. The molecule has 1 saturated heterocycles. The second kappa shape index (κ2) is 4.81. The van der Waals surface area contributed by atoms with E-state index in [4.69, 9.17) is 0 Å². The summed E-state index contributed by atoms with van der Waals surface area (Å²) in [5, 5.41) is 0. The Hall–Kier alpha value is -1.12. The third kappa shape index (κ3) is 2.34. The van der Waals surface area contributed by atoms with Gasteiger partial charge in [0.15, 0.2) is 0 Å². The van der Waals surface area contributed by atoms with Crippen molar-refractivity contribution < 1.29 is 9.59 Å². The van der Waals surface area contributed by atoms with Crippen molar-refractivity contribution in [3.05, 3.63) is 11.1 Å². The lowest BCUT2D eigenvalue weighted by molar-refractivity contribution is -0.125. The number of rotatable bonds is 0. The van der Waals surface area contributed by atoms with Crippen molar-refractivity contribution in [3.63, 3.8) is 0 Å². The predicted molar refractivity (Wildman–Crippen MR) is 62.0 cm³/mol. The molecule has 1 aliphatic heterocycles. The minimum absolute atomic E-state index is 0.155. The zero-order chi connectivity index (χ0) is 11.5. The highest BCUT2D eigenvalue weighted by molar-refractivity contribution is 5.96. The summed E-state index contributed by atoms with van der Waals surface area (Å²) in [7, 11) is 1.86. The van der Waals surface area contributed by atoms with Gasteiger partial charge in [0.2, 0.25) is 5.91 Å². The number of ketones is 1. The summed E-state index contributed by atoms with van der Waals surface area (Å²) in [6, 6.07) is 0. The Balaban J connectivity index is 2.24. The number of likely N-dealkylation sites (tertiary alicyclic amines) is 1. The number of carbonyl (C=O) groups is 2. The molecule has 2 fully saturated rings. The van der Waals surface area contributed by atoms with Gasteiger partial charge in [-0.1, -0.05) is 5.57 Å². The lowest BCUT2D eigenvalue weighted by atomic mass is 9.88. The molecule has 1 aliphatic carbocycles. The third-order valence-corrected chi connectivity index (χ3v) is 3.55. The lowest BCUT2D eigenvalue weighted by Gasteiger charge is -2.20. The fourth-order valence-corrected chi connectivity index (χ4v) is 2.59. The van der Waals surface area contributed by atoms with Gasteiger partial charge in [0, 0.05) is 32.0 Å². The number of nitrogens with zero attached hydrogens (tertiary/aromatic N) is 1. The van der Waals surface area contributed by atoms with E-state index in [9.17, 15) is 9.59 Å². The van der Waals surface area contributed by atoms with Crippen LogP contribution in [0.25, 0.3) is 0 Å². The van der Waals surface area contributed by atoms with E-state index < -0.39 is 0 Å². The van der Waals surface area contributed by atoms with Crippen LogP contribution in [0.3, 0.4) is 0 Å². The highest BCUT2D eigenvalue weighted by Gasteiger charge is 2.24. The molecule has 1 saturated carbocycles. The molecule has 0 bridgehead atoms. The van der Waals surface area contributed by atoms with Crippen LogP contribution >= 0.6 is 0 Å². The minimum Gasteiger partial charge on any atom is -0.342 e. The molecule has 1 amide bonds. The number of hydrogen-bond acceptors (Lipinski definition) is 2. The van der Waals surface area contributed by atoms with Crippen LogP contribution in [-0.2, 0) is 9.59 Å². The first kappa shape index (κ1) is 11.4. The molecule has 1 heterocycles. The molecule has 0 spiro atoms. The van der Waals surface area contributed by atoms with E-state index in [0.717, 1.165) is 49.8 Å². The second-order valence-corrected chi connectivity index (χ2v) is 4.83. The zero-order valence-electron chi connectivity index (χ0n) is 9.92. The molecule has 2 rings (SSSR count). The number of hydrogen-bond donors (Lipinski definition) is 0. The average Bonchev–Trinajstić information content (AvgIpc) is 2.42. The van der Waals surface area contributed by atoms with E-state index in [0.29, 0.717) is 18.6 Å². The normalized spacial score (nSPS) is 28.2. The minimum atomic E-state index is 0.155. The highest BCUT2D eigenvalue weighted by Crippen LogP contribution is 2.28. The van der Waals surface area contributed by atoms with Gasteiger partial charge in [0.25, 0.3) is 0 Å². The van der Waals surface area contributed by atoms with Crippen LogP contribution in [0, 0.1) is 0 Å². The monoisotopic (exact) mass is 221 g/mol. The molecule has 0 aromatic heterocycles. The Labute approximate surface area is 96.5 Å². The van der Waals surface area contributed by atoms with Crippen molar-refractivity contribution in [2.24, 2.45) is 0 Å². The number of carbonyl (C=O) groups excluding carboxylic acids is 2. The molecule has 0 N–H and O–H groups in total. The molecule has 2 aliphatic rings. The molecule has 88 valence electrons. The summed E-state index contributed by atoms with van der Waals surface area (Å²) in [5.41, 5.74) is 2.06. The lowest BCUT2D eigenvalue weighted by Crippen LogP contribution is -2.28. The van der Waals surface area contributed by atoms with Crippen LogP contribution in [0.2, 0.25) is 0 Å². The summed E-state index contributed by atoms with van der Waals surface area (Å²) in [5.74, 6) is 0.454. The zero-order valence-corrected chi connectivity index (χ0v) is 9.92. The van der Waals surface area contributed by atoms with Crippen LogP contribution < -0.4 is 0 Å². The van der Waals surface area contributed by atoms with Crippen LogP contribution in [0.15, 0.2) is 11.1 Å². The quantitative estimate of drug-likeness (QED) is 0.587. The topological polar surface area (TPSA) is 37.4 Å². The van der Waals surface area contributed by atoms with Gasteiger partial charge in [0.1, 0.15) is 5.78 Å². The van der Waals surface area contributed by atoms with Gasteiger partial charge in [0.05, 0.1) is 0 Å². The second-order valence-electron chi connectivity index (χ2n) is 4.83. The van der Waals surface area contributed by atoms with E-state index in [1.165, 1.54) is 0 Å². The Morgan fingerprint density at radius 1 is 1.00 bits per heavy atom. The van der Waals surface area contributed by atoms with Crippen LogP contribution in [0.5, 0.6) is 0 Å². The molecule has 3 nitrogen and oxygen atoms in total. The molecule has 16 heavy (non-hydrogen) atoms. The van der Waals surface area contributed by atoms with Gasteiger partial charge in [-0.25, -0.2) is 0 Å². The van der Waals surface area contributed by atoms with Crippen LogP contribution in [0.1, 0.15) is 44.9 Å². The van der Waals surface area contributed by atoms with E-state index in [1.54, 1.807) is 4.90 Å². The summed E-state index contributed by atoms with van der Waals surface area (Å²) < 4.78 is 0. The smallest absolute Gasteiger partial charge is 0.249 e. The fourth-order valence-electron chi connectivity index (χ4n) is 2.59. The number of likely N-dealkylation sites (N-methyl/N-ethyl adjacent to an activating group) is 1. The van der Waals surface area contributed by atoms with E-state index in [-0.39, 0.29) is 5.91 Å². The fraction of sp³-hybridized carbons (Fsp3) is 0.692. The van der Waals surface area contributed by atoms with Gasteiger partial charge in [-0.15, -0.1) is 0 Å². The molecular formula is C13H19NO2. The van der Waals surface area contributed by atoms with Crippen molar-refractivity contribution >= 4 is 11.7 Å². The summed E-state index contributed by atoms with van der Waals surface area (Å²) in [4.78, 5) is 25.3. The standard InChI is InChI=1S/C13H19NO2/c1-14-8-3-2-7-12(13(14)16)10-5-4-6-11(15)9-10/h2-9H2,1H3. The first-order chi connectivity index (χ1) is 7.68. The summed E-state index contributed by atoms with van der Waals surface area (Å²) in [6.45, 7) is 0.851. The van der Waals surface area contributed by atoms with Crippen molar-refractivity contribution in [3.8, 4) is 0 Å². The Bertz CT molecular complexity index is 344. The molecule has 0 aromatic rings. The van der Waals surface area contributed by atoms with Crippen molar-refractivity contribution in [2.45, 2.75) is 44.9 Å². The van der Waals surface area contributed by atoms with E-state index in [1.807, 2.05) is 7.05 Å². The van der Waals surface area contributed by atoms with Crippen molar-refractivity contribution in [2.75, 3.05) is 13.6 Å². The largest absolute Gasteiger partial charge is 0.342 e. The van der Waals surface area contributed by atoms with Gasteiger partial charge < -0.3 is 4.90 Å². The Morgan fingerprint density at radius 3 is 2.56 bits per heavy atom. The number of amides is 1. The van der Waals surface area contributed by atoms with Crippen molar-refractivity contribution in [1.29, 1.82) is 0 Å². The van der Waals surface area contributed by atoms with Crippen LogP contribution in [0.4, 0.5) is 0 Å².